The van der Waals surface area contributed by atoms with Crippen molar-refractivity contribution in [1.29, 1.82) is 0 Å². The Labute approximate surface area is 240 Å². The van der Waals surface area contributed by atoms with Crippen molar-refractivity contribution in [2.24, 2.45) is 0 Å². The van der Waals surface area contributed by atoms with Crippen molar-refractivity contribution in [3.63, 3.8) is 0 Å². The van der Waals surface area contributed by atoms with Gasteiger partial charge in [-0.3, -0.25) is 4.98 Å². The number of ether oxygens (including phenoxy) is 1. The first-order valence-corrected chi connectivity index (χ1v) is 13.4. The van der Waals surface area contributed by atoms with Crippen LogP contribution < -0.4 is 15.0 Å². The Kier molecular flexibility index (Phi) is 6.96. The second-order valence-corrected chi connectivity index (χ2v) is 10.1. The second kappa shape index (κ2) is 10.7. The van der Waals surface area contributed by atoms with Gasteiger partial charge in [-0.25, -0.2) is 0 Å². The van der Waals surface area contributed by atoms with Crippen LogP contribution in [0.4, 0.5) is 18.9 Å². The summed E-state index contributed by atoms with van der Waals surface area (Å²) in [5, 5.41) is 3.89. The molecule has 0 unspecified atom stereocenters. The maximum Gasteiger partial charge on any atom is 0.416 e. The van der Waals surface area contributed by atoms with Crippen LogP contribution in [0.5, 0.6) is 11.5 Å². The van der Waals surface area contributed by atoms with Gasteiger partial charge in [0.15, 0.2) is 5.11 Å². The summed E-state index contributed by atoms with van der Waals surface area (Å²) in [7, 11) is 0. The average Bonchev–Trinajstić information content (AvgIpc) is 3.59. The van der Waals surface area contributed by atoms with E-state index in [0.29, 0.717) is 16.5 Å². The van der Waals surface area contributed by atoms with Gasteiger partial charge >= 0.3 is 6.18 Å². The molecule has 0 aliphatic carbocycles. The van der Waals surface area contributed by atoms with Crippen molar-refractivity contribution in [3.05, 3.63) is 138 Å². The van der Waals surface area contributed by atoms with Gasteiger partial charge in [0.25, 0.3) is 0 Å². The molecule has 2 aromatic heterocycles. The molecule has 3 aromatic carbocycles. The average molecular weight is 571 g/mol. The molecule has 1 fully saturated rings. The number of para-hydroxylation sites is 1. The monoisotopic (exact) mass is 570 g/mol. The van der Waals surface area contributed by atoms with E-state index < -0.39 is 17.8 Å². The highest BCUT2D eigenvalue weighted by Gasteiger charge is 2.42. The summed E-state index contributed by atoms with van der Waals surface area (Å²) in [6.07, 6.45) is -0.979. The molecule has 2 atom stereocenters. The van der Waals surface area contributed by atoms with E-state index in [4.69, 9.17) is 17.0 Å². The number of hydrogen-bond donors (Lipinski definition) is 1. The zero-order chi connectivity index (χ0) is 28.6. The van der Waals surface area contributed by atoms with E-state index >= 15 is 0 Å². The first kappa shape index (κ1) is 26.6. The lowest BCUT2D eigenvalue weighted by Gasteiger charge is -2.29. The first-order chi connectivity index (χ1) is 19.8. The van der Waals surface area contributed by atoms with Gasteiger partial charge in [-0.15, -0.1) is 0 Å². The normalized spacial score (nSPS) is 17.0. The number of pyridine rings is 1. The molecular weight excluding hydrogens is 545 g/mol. The quantitative estimate of drug-likeness (QED) is 0.209. The van der Waals surface area contributed by atoms with Gasteiger partial charge in [0.2, 0.25) is 0 Å². The van der Waals surface area contributed by atoms with Crippen molar-refractivity contribution < 1.29 is 17.9 Å². The Morgan fingerprint density at radius 1 is 0.854 bits per heavy atom. The molecule has 0 bridgehead atoms. The summed E-state index contributed by atoms with van der Waals surface area (Å²) in [5.41, 5.74) is 3.04. The molecule has 0 saturated carbocycles. The summed E-state index contributed by atoms with van der Waals surface area (Å²) in [6.45, 7) is 1.99. The number of aromatic nitrogens is 2. The molecular formula is C32H25F3N4OS. The summed E-state index contributed by atoms with van der Waals surface area (Å²) >= 11 is 5.83. The molecule has 0 spiro atoms. The second-order valence-electron chi connectivity index (χ2n) is 9.71. The van der Waals surface area contributed by atoms with E-state index in [0.717, 1.165) is 40.5 Å². The number of benzene rings is 3. The van der Waals surface area contributed by atoms with E-state index in [9.17, 15) is 13.2 Å². The van der Waals surface area contributed by atoms with Crippen molar-refractivity contribution in [3.8, 4) is 17.2 Å². The molecule has 5 aromatic rings. The molecule has 3 heterocycles. The van der Waals surface area contributed by atoms with E-state index in [1.54, 1.807) is 23.0 Å². The van der Waals surface area contributed by atoms with Crippen LogP contribution in [0.3, 0.4) is 0 Å². The van der Waals surface area contributed by atoms with Crippen LogP contribution in [-0.4, -0.2) is 14.7 Å². The molecule has 9 heteroatoms. The number of anilines is 1. The molecule has 206 valence electrons. The lowest BCUT2D eigenvalue weighted by molar-refractivity contribution is -0.137. The molecule has 1 N–H and O–H groups in total. The van der Waals surface area contributed by atoms with E-state index in [1.807, 2.05) is 90.7 Å². The summed E-state index contributed by atoms with van der Waals surface area (Å²) in [5.74, 6) is 1.44. The highest BCUT2D eigenvalue weighted by Crippen LogP contribution is 2.43. The van der Waals surface area contributed by atoms with Crippen molar-refractivity contribution in [2.75, 3.05) is 4.90 Å². The third-order valence-corrected chi connectivity index (χ3v) is 7.38. The minimum absolute atomic E-state index is 0.356. The number of thiocarbonyl (C=S) groups is 1. The molecule has 6 rings (SSSR count). The molecule has 5 nitrogen and oxygen atoms in total. The highest BCUT2D eigenvalue weighted by atomic mass is 32.1. The topological polar surface area (TPSA) is 42.3 Å². The lowest BCUT2D eigenvalue weighted by Crippen LogP contribution is -2.30. The molecule has 41 heavy (non-hydrogen) atoms. The fraction of sp³-hybridized carbons (Fsp3) is 0.125. The molecule has 1 saturated heterocycles. The predicted molar refractivity (Wildman–Crippen MR) is 156 cm³/mol. The van der Waals surface area contributed by atoms with E-state index in [-0.39, 0.29) is 6.04 Å². The minimum Gasteiger partial charge on any atom is -0.457 e. The highest BCUT2D eigenvalue weighted by molar-refractivity contribution is 7.80. The van der Waals surface area contributed by atoms with Crippen LogP contribution in [0.2, 0.25) is 0 Å². The number of nitrogens with zero attached hydrogens (tertiary/aromatic N) is 3. The Hall–Kier alpha value is -4.63. The molecule has 1 aliphatic heterocycles. The largest absolute Gasteiger partial charge is 0.457 e. The van der Waals surface area contributed by atoms with Crippen molar-refractivity contribution >= 4 is 23.0 Å². The fourth-order valence-electron chi connectivity index (χ4n) is 5.11. The Morgan fingerprint density at radius 2 is 1.63 bits per heavy atom. The number of aryl methyl sites for hydroxylation is 1. The lowest BCUT2D eigenvalue weighted by atomic mass is 10.0. The van der Waals surface area contributed by atoms with Gasteiger partial charge in [-0.2, -0.15) is 13.2 Å². The van der Waals surface area contributed by atoms with Crippen LogP contribution in [0.1, 0.15) is 34.6 Å². The zero-order valence-electron chi connectivity index (χ0n) is 21.9. The number of nitrogens with one attached hydrogen (secondary N) is 1. The van der Waals surface area contributed by atoms with Crippen LogP contribution in [0, 0.1) is 6.92 Å². The third-order valence-electron chi connectivity index (χ3n) is 7.07. The molecule has 0 amide bonds. The smallest absolute Gasteiger partial charge is 0.416 e. The van der Waals surface area contributed by atoms with Gasteiger partial charge in [-0.05, 0) is 97.5 Å². The van der Waals surface area contributed by atoms with Crippen LogP contribution in [-0.2, 0) is 6.18 Å². The summed E-state index contributed by atoms with van der Waals surface area (Å²) in [6, 6.07) is 29.3. The number of rotatable bonds is 6. The SMILES string of the molecule is Cc1ccccc1Oc1ccc(N2C(=S)N[C@H](c3ccccn3)[C@H]2c2cccn2-c2cccc(C(F)(F)F)c2)cc1. The van der Waals surface area contributed by atoms with Gasteiger partial charge in [0, 0.05) is 29.5 Å². The summed E-state index contributed by atoms with van der Waals surface area (Å²) in [4.78, 5) is 6.55. The molecule has 0 radical (unpaired) electrons. The minimum atomic E-state index is -4.45. The number of hydrogen-bond acceptors (Lipinski definition) is 3. The standard InChI is InChI=1S/C32H25F3N4OS/c1-21-8-2-3-13-28(21)40-25-16-14-23(15-17-25)39-30(29(37-31(39)41)26-11-4-5-18-36-26)27-12-7-19-38(27)24-10-6-9-22(20-24)32(33,34)35/h2-20,29-30H,1H3,(H,37,41)/t29-,30-/m1/s1. The van der Waals surface area contributed by atoms with E-state index in [2.05, 4.69) is 10.3 Å². The van der Waals surface area contributed by atoms with Gasteiger partial charge in [0.05, 0.1) is 17.3 Å². The maximum absolute atomic E-state index is 13.6. The number of halogens is 3. The predicted octanol–water partition coefficient (Wildman–Crippen LogP) is 8.17. The van der Waals surface area contributed by atoms with Crippen LogP contribution in [0.15, 0.2) is 116 Å². The third kappa shape index (κ3) is 5.28. The van der Waals surface area contributed by atoms with Gasteiger partial charge in [0.1, 0.15) is 17.5 Å². The van der Waals surface area contributed by atoms with Gasteiger partial charge < -0.3 is 19.5 Å². The maximum atomic E-state index is 13.6. The van der Waals surface area contributed by atoms with Crippen molar-refractivity contribution in [2.45, 2.75) is 25.2 Å². The van der Waals surface area contributed by atoms with Crippen LogP contribution in [0.25, 0.3) is 5.69 Å². The Morgan fingerprint density at radius 3 is 2.37 bits per heavy atom. The first-order valence-electron chi connectivity index (χ1n) is 13.0. The Balaban J connectivity index is 1.41. The van der Waals surface area contributed by atoms with Crippen molar-refractivity contribution in [1.82, 2.24) is 14.9 Å². The van der Waals surface area contributed by atoms with Gasteiger partial charge in [-0.1, -0.05) is 30.3 Å². The Bertz CT molecular complexity index is 1690. The zero-order valence-corrected chi connectivity index (χ0v) is 22.7. The van der Waals surface area contributed by atoms with Crippen LogP contribution >= 0.6 is 12.2 Å². The molecule has 1 aliphatic rings. The summed E-state index contributed by atoms with van der Waals surface area (Å²) < 4.78 is 48.5. The van der Waals surface area contributed by atoms with E-state index in [1.165, 1.54) is 6.07 Å². The number of alkyl halides is 3. The fourth-order valence-corrected chi connectivity index (χ4v) is 5.45.